The first-order valence-corrected chi connectivity index (χ1v) is 5.40. The molecule has 0 unspecified atom stereocenters. The van der Waals surface area contributed by atoms with Crippen LogP contribution in [0.4, 0.5) is 4.39 Å². The molecule has 0 saturated heterocycles. The second kappa shape index (κ2) is 4.45. The average Bonchev–Trinajstić information content (AvgIpc) is 2.08. The van der Waals surface area contributed by atoms with E-state index in [1.165, 1.54) is 0 Å². The van der Waals surface area contributed by atoms with Gasteiger partial charge in [0, 0.05) is 5.41 Å². The van der Waals surface area contributed by atoms with E-state index in [2.05, 4.69) is 9.97 Å². The molecule has 3 nitrogen and oxygen atoms in total. The Morgan fingerprint density at radius 3 is 2.19 bits per heavy atom. The van der Waals surface area contributed by atoms with Crippen molar-refractivity contribution in [1.29, 1.82) is 0 Å². The van der Waals surface area contributed by atoms with Gasteiger partial charge in [0.25, 0.3) is 0 Å². The van der Waals surface area contributed by atoms with E-state index < -0.39 is 0 Å². The lowest BCUT2D eigenvalue weighted by Crippen LogP contribution is -2.22. The summed E-state index contributed by atoms with van der Waals surface area (Å²) in [6, 6.07) is 0. The number of aryl methyl sites for hydroxylation is 1. The van der Waals surface area contributed by atoms with E-state index in [4.69, 9.17) is 0 Å². The van der Waals surface area contributed by atoms with Crippen LogP contribution in [0, 0.1) is 12.7 Å². The summed E-state index contributed by atoms with van der Waals surface area (Å²) < 4.78 is 13.9. The lowest BCUT2D eigenvalue weighted by Gasteiger charge is -2.20. The fourth-order valence-electron chi connectivity index (χ4n) is 1.47. The van der Waals surface area contributed by atoms with Crippen molar-refractivity contribution in [3.05, 3.63) is 23.0 Å². The number of rotatable bonds is 2. The molecule has 1 heterocycles. The molecule has 4 heteroatoms. The van der Waals surface area contributed by atoms with E-state index >= 15 is 0 Å². The molecule has 0 aliphatic rings. The molecule has 1 aromatic heterocycles. The zero-order valence-corrected chi connectivity index (χ0v) is 10.9. The van der Waals surface area contributed by atoms with Gasteiger partial charge in [-0.25, -0.2) is 14.4 Å². The zero-order chi connectivity index (χ0) is 12.5. The molecule has 0 radical (unpaired) electrons. The van der Waals surface area contributed by atoms with Crippen LogP contribution in [0.1, 0.15) is 38.0 Å². The van der Waals surface area contributed by atoms with Crippen LogP contribution in [0.15, 0.2) is 0 Å². The summed E-state index contributed by atoms with van der Waals surface area (Å²) in [7, 11) is 3.89. The second-order valence-corrected chi connectivity index (χ2v) is 5.38. The van der Waals surface area contributed by atoms with Gasteiger partial charge in [0.15, 0.2) is 5.82 Å². The number of halogens is 1. The van der Waals surface area contributed by atoms with E-state index in [1.54, 1.807) is 6.92 Å². The van der Waals surface area contributed by atoms with Crippen molar-refractivity contribution in [1.82, 2.24) is 14.9 Å². The predicted molar refractivity (Wildman–Crippen MR) is 62.8 cm³/mol. The molecule has 0 atom stereocenters. The molecule has 16 heavy (non-hydrogen) atoms. The van der Waals surface area contributed by atoms with Crippen LogP contribution in [0.25, 0.3) is 0 Å². The Kier molecular flexibility index (Phi) is 3.63. The molecule has 0 amide bonds. The summed E-state index contributed by atoms with van der Waals surface area (Å²) in [6.45, 7) is 8.18. The first-order chi connectivity index (χ1) is 7.21. The van der Waals surface area contributed by atoms with Crippen LogP contribution in [-0.2, 0) is 12.0 Å². The molecular weight excluding hydrogens is 205 g/mol. The van der Waals surface area contributed by atoms with E-state index in [-0.39, 0.29) is 11.2 Å². The monoisotopic (exact) mass is 225 g/mol. The molecule has 90 valence electrons. The standard InChI is InChI=1S/C12H20FN3/c1-8-10(13)11(12(2,3)4)15-9(14-8)7-16(5)6/h7H2,1-6H3. The van der Waals surface area contributed by atoms with Crippen LogP contribution in [0.2, 0.25) is 0 Å². The van der Waals surface area contributed by atoms with Gasteiger partial charge in [0.2, 0.25) is 0 Å². The fraction of sp³-hybridized carbons (Fsp3) is 0.667. The smallest absolute Gasteiger partial charge is 0.166 e. The van der Waals surface area contributed by atoms with Gasteiger partial charge in [-0.05, 0) is 21.0 Å². The van der Waals surface area contributed by atoms with Crippen molar-refractivity contribution in [3.63, 3.8) is 0 Å². The van der Waals surface area contributed by atoms with Crippen LogP contribution >= 0.6 is 0 Å². The number of hydrogen-bond donors (Lipinski definition) is 0. The van der Waals surface area contributed by atoms with Crippen molar-refractivity contribution >= 4 is 0 Å². The Morgan fingerprint density at radius 2 is 1.75 bits per heavy atom. The summed E-state index contributed by atoms with van der Waals surface area (Å²) in [5, 5.41) is 0. The summed E-state index contributed by atoms with van der Waals surface area (Å²) in [6.07, 6.45) is 0. The topological polar surface area (TPSA) is 29.0 Å². The van der Waals surface area contributed by atoms with Crippen molar-refractivity contribution in [3.8, 4) is 0 Å². The highest BCUT2D eigenvalue weighted by Crippen LogP contribution is 2.24. The van der Waals surface area contributed by atoms with Crippen molar-refractivity contribution in [2.75, 3.05) is 14.1 Å². The first kappa shape index (κ1) is 13.0. The number of hydrogen-bond acceptors (Lipinski definition) is 3. The maximum Gasteiger partial charge on any atom is 0.166 e. The van der Waals surface area contributed by atoms with Gasteiger partial charge < -0.3 is 4.90 Å². The molecule has 1 aromatic rings. The normalized spacial score (nSPS) is 12.2. The second-order valence-electron chi connectivity index (χ2n) is 5.38. The highest BCUT2D eigenvalue weighted by atomic mass is 19.1. The molecule has 0 aliphatic carbocycles. The van der Waals surface area contributed by atoms with Gasteiger partial charge in [0.1, 0.15) is 5.82 Å². The van der Waals surface area contributed by atoms with Crippen molar-refractivity contribution in [2.24, 2.45) is 0 Å². The van der Waals surface area contributed by atoms with E-state index in [0.717, 1.165) is 0 Å². The summed E-state index contributed by atoms with van der Waals surface area (Å²) >= 11 is 0. The third-order valence-corrected chi connectivity index (χ3v) is 2.23. The molecule has 1 rings (SSSR count). The summed E-state index contributed by atoms with van der Waals surface area (Å²) in [5.74, 6) is 0.392. The molecule has 0 aliphatic heterocycles. The molecule has 0 saturated carbocycles. The largest absolute Gasteiger partial charge is 0.302 e. The maximum atomic E-state index is 13.9. The van der Waals surface area contributed by atoms with Gasteiger partial charge in [0.05, 0.1) is 17.9 Å². The van der Waals surface area contributed by atoms with Gasteiger partial charge in [-0.1, -0.05) is 20.8 Å². The molecule has 0 fully saturated rings. The van der Waals surface area contributed by atoms with Crippen LogP contribution < -0.4 is 0 Å². The Hall–Kier alpha value is -1.03. The quantitative estimate of drug-likeness (QED) is 0.773. The number of nitrogens with zero attached hydrogens (tertiary/aromatic N) is 3. The van der Waals surface area contributed by atoms with Crippen LogP contribution in [-0.4, -0.2) is 29.0 Å². The van der Waals surface area contributed by atoms with Crippen LogP contribution in [0.3, 0.4) is 0 Å². The minimum absolute atomic E-state index is 0.282. The summed E-state index contributed by atoms with van der Waals surface area (Å²) in [5.41, 5.74) is 0.632. The summed E-state index contributed by atoms with van der Waals surface area (Å²) in [4.78, 5) is 10.4. The SMILES string of the molecule is Cc1nc(CN(C)C)nc(C(C)(C)C)c1F. The first-order valence-electron chi connectivity index (χ1n) is 5.40. The highest BCUT2D eigenvalue weighted by Gasteiger charge is 2.23. The third kappa shape index (κ3) is 2.98. The Morgan fingerprint density at radius 1 is 1.19 bits per heavy atom. The van der Waals surface area contributed by atoms with Crippen LogP contribution in [0.5, 0.6) is 0 Å². The predicted octanol–water partition coefficient (Wildman–Crippen LogP) is 2.28. The highest BCUT2D eigenvalue weighted by molar-refractivity contribution is 5.20. The number of aromatic nitrogens is 2. The molecule has 0 spiro atoms. The minimum Gasteiger partial charge on any atom is -0.302 e. The Labute approximate surface area is 96.7 Å². The average molecular weight is 225 g/mol. The maximum absolute atomic E-state index is 13.9. The van der Waals surface area contributed by atoms with Crippen molar-refractivity contribution in [2.45, 2.75) is 39.7 Å². The van der Waals surface area contributed by atoms with Gasteiger partial charge in [-0.15, -0.1) is 0 Å². The zero-order valence-electron chi connectivity index (χ0n) is 10.9. The van der Waals surface area contributed by atoms with Gasteiger partial charge >= 0.3 is 0 Å². The minimum atomic E-state index is -0.293. The lowest BCUT2D eigenvalue weighted by molar-refractivity contribution is 0.383. The van der Waals surface area contributed by atoms with Crippen molar-refractivity contribution < 1.29 is 4.39 Å². The van der Waals surface area contributed by atoms with Gasteiger partial charge in [-0.2, -0.15) is 0 Å². The molecular formula is C12H20FN3. The fourth-order valence-corrected chi connectivity index (χ4v) is 1.47. The van der Waals surface area contributed by atoms with Gasteiger partial charge in [-0.3, -0.25) is 0 Å². The third-order valence-electron chi connectivity index (χ3n) is 2.23. The molecule has 0 aromatic carbocycles. The van der Waals surface area contributed by atoms with E-state index in [1.807, 2.05) is 39.8 Å². The molecule has 0 N–H and O–H groups in total. The van der Waals surface area contributed by atoms with E-state index in [9.17, 15) is 4.39 Å². The Balaban J connectivity index is 3.23. The lowest BCUT2D eigenvalue weighted by atomic mass is 9.91. The molecule has 0 bridgehead atoms. The van der Waals surface area contributed by atoms with E-state index in [0.29, 0.717) is 23.8 Å². The Bertz CT molecular complexity index is 381.